The summed E-state index contributed by atoms with van der Waals surface area (Å²) in [6.45, 7) is 8.62. The molecule has 0 atom stereocenters. The molecular formula is C22H26ClN3O2. The van der Waals surface area contributed by atoms with Crippen molar-refractivity contribution in [1.29, 1.82) is 0 Å². The summed E-state index contributed by atoms with van der Waals surface area (Å²) < 4.78 is 0. The van der Waals surface area contributed by atoms with Crippen LogP contribution in [0.3, 0.4) is 0 Å². The number of carbonyl (C=O) groups excluding carboxylic acids is 2. The van der Waals surface area contributed by atoms with Crippen LogP contribution in [-0.4, -0.2) is 42.9 Å². The summed E-state index contributed by atoms with van der Waals surface area (Å²) in [6, 6.07) is 13.1. The Hall–Kier alpha value is -2.53. The number of hydrogen-bond donors (Lipinski definition) is 1. The number of amides is 2. The van der Waals surface area contributed by atoms with E-state index in [-0.39, 0.29) is 17.7 Å². The minimum Gasteiger partial charge on any atom is -0.366 e. The van der Waals surface area contributed by atoms with Gasteiger partial charge in [-0.25, -0.2) is 0 Å². The smallest absolute Gasteiger partial charge is 0.257 e. The fraction of sp³-hybridized carbons (Fsp3) is 0.364. The van der Waals surface area contributed by atoms with Gasteiger partial charge in [-0.2, -0.15) is 0 Å². The molecular weight excluding hydrogens is 374 g/mol. The number of anilines is 2. The first kappa shape index (κ1) is 20.2. The molecule has 0 aliphatic carbocycles. The summed E-state index contributed by atoms with van der Waals surface area (Å²) in [6.07, 6.45) is 0. The zero-order chi connectivity index (χ0) is 20.3. The highest BCUT2D eigenvalue weighted by molar-refractivity contribution is 6.34. The summed E-state index contributed by atoms with van der Waals surface area (Å²) in [5, 5.41) is 3.43. The van der Waals surface area contributed by atoms with Crippen molar-refractivity contribution in [2.45, 2.75) is 20.8 Å². The Morgan fingerprint density at radius 3 is 2.36 bits per heavy atom. The Morgan fingerprint density at radius 1 is 1.04 bits per heavy atom. The van der Waals surface area contributed by atoms with Crippen LogP contribution in [0.4, 0.5) is 11.4 Å². The molecule has 3 rings (SSSR count). The zero-order valence-electron chi connectivity index (χ0n) is 16.5. The Kier molecular flexibility index (Phi) is 6.25. The minimum absolute atomic E-state index is 0.0115. The summed E-state index contributed by atoms with van der Waals surface area (Å²) in [7, 11) is 0. The number of benzene rings is 2. The van der Waals surface area contributed by atoms with Crippen molar-refractivity contribution in [3.63, 3.8) is 0 Å². The maximum Gasteiger partial charge on any atom is 0.257 e. The first-order valence-electron chi connectivity index (χ1n) is 9.57. The van der Waals surface area contributed by atoms with Gasteiger partial charge in [0.1, 0.15) is 0 Å². The summed E-state index contributed by atoms with van der Waals surface area (Å²) >= 11 is 6.24. The molecule has 1 saturated heterocycles. The van der Waals surface area contributed by atoms with E-state index in [0.717, 1.165) is 30.0 Å². The van der Waals surface area contributed by atoms with E-state index in [2.05, 4.69) is 10.2 Å². The molecule has 0 aromatic heterocycles. The molecule has 2 amide bonds. The summed E-state index contributed by atoms with van der Waals surface area (Å²) in [5.74, 6) is -0.0290. The Morgan fingerprint density at radius 2 is 1.71 bits per heavy atom. The molecule has 2 aromatic carbocycles. The Bertz CT molecular complexity index is 874. The van der Waals surface area contributed by atoms with Gasteiger partial charge in [0.25, 0.3) is 5.91 Å². The maximum absolute atomic E-state index is 12.7. The molecule has 0 unspecified atom stereocenters. The van der Waals surface area contributed by atoms with Gasteiger partial charge in [0.05, 0.1) is 22.0 Å². The summed E-state index contributed by atoms with van der Waals surface area (Å²) in [5.41, 5.74) is 3.16. The average molecular weight is 400 g/mol. The fourth-order valence-electron chi connectivity index (χ4n) is 3.38. The van der Waals surface area contributed by atoms with Gasteiger partial charge in [-0.1, -0.05) is 43.6 Å². The van der Waals surface area contributed by atoms with Gasteiger partial charge in [0.2, 0.25) is 5.91 Å². The van der Waals surface area contributed by atoms with E-state index >= 15 is 0 Å². The molecule has 2 aromatic rings. The number of nitrogens with zero attached hydrogens (tertiary/aromatic N) is 2. The molecule has 1 aliphatic heterocycles. The van der Waals surface area contributed by atoms with Crippen LogP contribution in [0.15, 0.2) is 42.5 Å². The average Bonchev–Trinajstić information content (AvgIpc) is 2.68. The highest BCUT2D eigenvalue weighted by Gasteiger charge is 2.24. The number of aryl methyl sites for hydroxylation is 1. The van der Waals surface area contributed by atoms with Gasteiger partial charge in [-0.05, 0) is 36.8 Å². The summed E-state index contributed by atoms with van der Waals surface area (Å²) in [4.78, 5) is 29.1. The number of para-hydroxylation sites is 2. The number of nitrogens with one attached hydrogen (secondary N) is 1. The van der Waals surface area contributed by atoms with Crippen molar-refractivity contribution in [2.24, 2.45) is 5.92 Å². The second-order valence-corrected chi connectivity index (χ2v) is 7.83. The van der Waals surface area contributed by atoms with Gasteiger partial charge in [0, 0.05) is 32.1 Å². The molecule has 28 heavy (non-hydrogen) atoms. The second kappa shape index (κ2) is 8.65. The van der Waals surface area contributed by atoms with Crippen LogP contribution in [0, 0.1) is 12.8 Å². The zero-order valence-corrected chi connectivity index (χ0v) is 17.3. The third kappa shape index (κ3) is 4.47. The lowest BCUT2D eigenvalue weighted by Gasteiger charge is -2.37. The van der Waals surface area contributed by atoms with Crippen LogP contribution in [-0.2, 0) is 4.79 Å². The van der Waals surface area contributed by atoms with Gasteiger partial charge in [-0.15, -0.1) is 0 Å². The number of carbonyl (C=O) groups is 2. The minimum atomic E-state index is -0.230. The monoisotopic (exact) mass is 399 g/mol. The largest absolute Gasteiger partial charge is 0.366 e. The van der Waals surface area contributed by atoms with E-state index in [1.807, 2.05) is 56.0 Å². The fourth-order valence-corrected chi connectivity index (χ4v) is 3.70. The predicted octanol–water partition coefficient (Wildman–Crippen LogP) is 4.21. The van der Waals surface area contributed by atoms with Crippen molar-refractivity contribution in [3.8, 4) is 0 Å². The van der Waals surface area contributed by atoms with E-state index in [4.69, 9.17) is 11.6 Å². The number of rotatable bonds is 4. The second-order valence-electron chi connectivity index (χ2n) is 7.42. The molecule has 1 fully saturated rings. The predicted molar refractivity (Wildman–Crippen MR) is 114 cm³/mol. The van der Waals surface area contributed by atoms with Crippen molar-refractivity contribution >= 4 is 34.8 Å². The topological polar surface area (TPSA) is 52.7 Å². The van der Waals surface area contributed by atoms with Crippen LogP contribution in [0.1, 0.15) is 29.8 Å². The highest BCUT2D eigenvalue weighted by Crippen LogP contribution is 2.28. The lowest BCUT2D eigenvalue weighted by molar-refractivity contribution is -0.134. The number of halogens is 1. The van der Waals surface area contributed by atoms with Crippen molar-refractivity contribution in [2.75, 3.05) is 36.4 Å². The van der Waals surface area contributed by atoms with Gasteiger partial charge < -0.3 is 15.1 Å². The Labute approximate surface area is 171 Å². The first-order chi connectivity index (χ1) is 13.4. The van der Waals surface area contributed by atoms with Crippen molar-refractivity contribution < 1.29 is 9.59 Å². The van der Waals surface area contributed by atoms with Gasteiger partial charge >= 0.3 is 0 Å². The normalized spacial score (nSPS) is 14.3. The lowest BCUT2D eigenvalue weighted by atomic mass is 10.1. The van der Waals surface area contributed by atoms with E-state index in [1.54, 1.807) is 12.1 Å². The van der Waals surface area contributed by atoms with Gasteiger partial charge in [-0.3, -0.25) is 9.59 Å². The molecule has 0 radical (unpaired) electrons. The SMILES string of the molecule is Cc1ccc(C(=O)Nc2ccccc2N2CCN(C(=O)C(C)C)CC2)c(Cl)c1. The van der Waals surface area contributed by atoms with Crippen LogP contribution in [0.5, 0.6) is 0 Å². The highest BCUT2D eigenvalue weighted by atomic mass is 35.5. The molecule has 0 spiro atoms. The first-order valence-corrected chi connectivity index (χ1v) is 9.95. The Balaban J connectivity index is 1.73. The molecule has 5 nitrogen and oxygen atoms in total. The molecule has 0 bridgehead atoms. The molecule has 6 heteroatoms. The van der Waals surface area contributed by atoms with E-state index in [9.17, 15) is 9.59 Å². The molecule has 1 N–H and O–H groups in total. The molecule has 0 saturated carbocycles. The quantitative estimate of drug-likeness (QED) is 0.838. The van der Waals surface area contributed by atoms with E-state index in [0.29, 0.717) is 23.7 Å². The number of piperazine rings is 1. The van der Waals surface area contributed by atoms with Crippen LogP contribution < -0.4 is 10.2 Å². The third-order valence-electron chi connectivity index (χ3n) is 4.95. The van der Waals surface area contributed by atoms with Gasteiger partial charge in [0.15, 0.2) is 0 Å². The lowest BCUT2D eigenvalue weighted by Crippen LogP contribution is -2.50. The van der Waals surface area contributed by atoms with Crippen LogP contribution in [0.2, 0.25) is 5.02 Å². The number of hydrogen-bond acceptors (Lipinski definition) is 3. The van der Waals surface area contributed by atoms with Crippen LogP contribution >= 0.6 is 11.6 Å². The van der Waals surface area contributed by atoms with E-state index < -0.39 is 0 Å². The molecule has 1 aliphatic rings. The third-order valence-corrected chi connectivity index (χ3v) is 5.26. The molecule has 1 heterocycles. The van der Waals surface area contributed by atoms with Crippen molar-refractivity contribution in [3.05, 3.63) is 58.6 Å². The maximum atomic E-state index is 12.7. The molecule has 148 valence electrons. The standard InChI is InChI=1S/C22H26ClN3O2/c1-15(2)22(28)26-12-10-25(11-13-26)20-7-5-4-6-19(20)24-21(27)17-9-8-16(3)14-18(17)23/h4-9,14-15H,10-13H2,1-3H3,(H,24,27). The van der Waals surface area contributed by atoms with E-state index in [1.165, 1.54) is 0 Å². The van der Waals surface area contributed by atoms with Crippen LogP contribution in [0.25, 0.3) is 0 Å². The van der Waals surface area contributed by atoms with Crippen molar-refractivity contribution in [1.82, 2.24) is 4.90 Å².